The van der Waals surface area contributed by atoms with Gasteiger partial charge in [-0.2, -0.15) is 0 Å². The minimum absolute atomic E-state index is 0.103. The van der Waals surface area contributed by atoms with Crippen molar-refractivity contribution in [1.29, 1.82) is 0 Å². The van der Waals surface area contributed by atoms with Gasteiger partial charge in [-0.3, -0.25) is 37.3 Å². The molecule has 0 radical (unpaired) electrons. The normalized spacial score (nSPS) is 14.3. The molecule has 19 heteroatoms. The zero-order valence-electron chi connectivity index (χ0n) is 65.0. The molecule has 3 N–H and O–H groups in total. The van der Waals surface area contributed by atoms with Crippen molar-refractivity contribution in [2.45, 2.75) is 433 Å². The fourth-order valence-electron chi connectivity index (χ4n) is 12.3. The zero-order valence-corrected chi connectivity index (χ0v) is 66.8. The Morgan fingerprint density at radius 1 is 0.293 bits per heavy atom. The molecule has 0 aliphatic rings. The molecule has 0 fully saturated rings. The minimum atomic E-state index is -4.96. The van der Waals surface area contributed by atoms with Gasteiger partial charge in [0.2, 0.25) is 0 Å². The van der Waals surface area contributed by atoms with Crippen LogP contribution >= 0.6 is 15.6 Å². The molecule has 0 amide bonds. The van der Waals surface area contributed by atoms with Crippen molar-refractivity contribution >= 4 is 39.5 Å². The predicted molar refractivity (Wildman–Crippen MR) is 405 cm³/mol. The van der Waals surface area contributed by atoms with Crippen LogP contribution in [0.25, 0.3) is 0 Å². The Hall–Kier alpha value is -1.94. The number of unbranched alkanes of at least 4 members (excludes halogenated alkanes) is 45. The number of aliphatic hydroxyl groups excluding tert-OH is 1. The summed E-state index contributed by atoms with van der Waals surface area (Å²) in [5, 5.41) is 10.6. The maximum Gasteiger partial charge on any atom is 0.472 e. The van der Waals surface area contributed by atoms with Gasteiger partial charge in [0.15, 0.2) is 12.2 Å². The summed E-state index contributed by atoms with van der Waals surface area (Å²) in [6.07, 6.45) is 58.6. The maximum absolute atomic E-state index is 13.1. The van der Waals surface area contributed by atoms with Gasteiger partial charge in [0.1, 0.15) is 19.3 Å². The highest BCUT2D eigenvalue weighted by Crippen LogP contribution is 2.45. The summed E-state index contributed by atoms with van der Waals surface area (Å²) >= 11 is 0. The third-order valence-electron chi connectivity index (χ3n) is 19.0. The number of aliphatic hydroxyl groups is 1. The Kier molecular flexibility index (Phi) is 69.0. The van der Waals surface area contributed by atoms with E-state index in [-0.39, 0.29) is 25.7 Å². The first-order valence-electron chi connectivity index (χ1n) is 41.4. The Balaban J connectivity index is 5.19. The number of esters is 4. The van der Waals surface area contributed by atoms with Gasteiger partial charge in [-0.15, -0.1) is 0 Å². The molecule has 588 valence electrons. The van der Waals surface area contributed by atoms with Crippen LogP contribution in [0.5, 0.6) is 0 Å². The Morgan fingerprint density at radius 2 is 0.515 bits per heavy atom. The number of hydrogen-bond donors (Lipinski definition) is 3. The molecule has 3 unspecified atom stereocenters. The van der Waals surface area contributed by atoms with Gasteiger partial charge in [0.25, 0.3) is 0 Å². The molecule has 17 nitrogen and oxygen atoms in total. The molecule has 0 aliphatic heterocycles. The lowest BCUT2D eigenvalue weighted by Crippen LogP contribution is -2.30. The highest BCUT2D eigenvalue weighted by atomic mass is 31.2. The third-order valence-corrected chi connectivity index (χ3v) is 20.9. The largest absolute Gasteiger partial charge is 0.472 e. The van der Waals surface area contributed by atoms with Crippen LogP contribution in [0.15, 0.2) is 0 Å². The number of rotatable bonds is 78. The molecule has 0 spiro atoms. The molecule has 0 aromatic rings. The van der Waals surface area contributed by atoms with Gasteiger partial charge in [0.05, 0.1) is 26.4 Å². The topological polar surface area (TPSA) is 237 Å². The summed E-state index contributed by atoms with van der Waals surface area (Å²) in [5.41, 5.74) is 0. The summed E-state index contributed by atoms with van der Waals surface area (Å²) in [4.78, 5) is 72.9. The van der Waals surface area contributed by atoms with E-state index in [1.807, 2.05) is 0 Å². The molecule has 0 aliphatic carbocycles. The van der Waals surface area contributed by atoms with Crippen molar-refractivity contribution in [2.75, 3.05) is 39.6 Å². The highest BCUT2D eigenvalue weighted by molar-refractivity contribution is 7.47. The molecule has 0 aromatic carbocycles. The van der Waals surface area contributed by atoms with E-state index in [1.165, 1.54) is 218 Å². The van der Waals surface area contributed by atoms with Gasteiger partial charge < -0.3 is 33.8 Å². The van der Waals surface area contributed by atoms with Gasteiger partial charge >= 0.3 is 39.5 Å². The van der Waals surface area contributed by atoms with E-state index in [2.05, 4.69) is 48.5 Å². The number of carbonyl (C=O) groups excluding carboxylic acids is 4. The van der Waals surface area contributed by atoms with Crippen molar-refractivity contribution < 1.29 is 80.2 Å². The number of carbonyl (C=O) groups is 4. The first kappa shape index (κ1) is 97.1. The Bertz CT molecular complexity index is 1920. The highest BCUT2D eigenvalue weighted by Gasteiger charge is 2.30. The van der Waals surface area contributed by atoms with E-state index in [1.54, 1.807) is 0 Å². The molecular weight excluding hydrogens is 1290 g/mol. The lowest BCUT2D eigenvalue weighted by atomic mass is 9.99. The second kappa shape index (κ2) is 70.4. The summed E-state index contributed by atoms with van der Waals surface area (Å²) in [5.74, 6) is 0.151. The fraction of sp³-hybridized carbons (Fsp3) is 0.950. The van der Waals surface area contributed by atoms with E-state index in [9.17, 15) is 43.2 Å². The third kappa shape index (κ3) is 72.8. The Morgan fingerprint density at radius 3 is 0.768 bits per heavy atom. The molecular formula is C80H156O17P2. The lowest BCUT2D eigenvalue weighted by Gasteiger charge is -2.21. The van der Waals surface area contributed by atoms with Crippen molar-refractivity contribution in [3.63, 3.8) is 0 Å². The lowest BCUT2D eigenvalue weighted by molar-refractivity contribution is -0.161. The second-order valence-corrected chi connectivity index (χ2v) is 32.9. The molecule has 0 aromatic heterocycles. The standard InChI is InChI=1S/C80H156O17P2/c1-8-10-11-12-13-14-15-16-17-20-24-27-30-33-39-47-54-61-77(82)90-67-75(96-79(84)63-56-49-40-34-31-28-25-22-19-18-21-23-26-29-32-38-46-53-60-73(7)9-2)69-94-98(86,87)92-65-74(81)66-93-99(88,89)95-70-76(68-91-78(83)62-55-48-43-42-45-52-59-72(5)6)97-80(85)64-57-50-41-36-35-37-44-51-58-71(3)4/h71-76,81H,8-70H2,1-7H3,(H,86,87)(H,88,89)/t73?,74-,75-,76-/m1/s1. The molecule has 99 heavy (non-hydrogen) atoms. The van der Waals surface area contributed by atoms with E-state index in [4.69, 9.17) is 37.0 Å². The molecule has 0 saturated carbocycles. The van der Waals surface area contributed by atoms with Crippen LogP contribution in [0.3, 0.4) is 0 Å². The van der Waals surface area contributed by atoms with Gasteiger partial charge in [-0.05, 0) is 43.4 Å². The van der Waals surface area contributed by atoms with E-state index < -0.39 is 97.5 Å². The number of phosphoric acid groups is 2. The molecule has 6 atom stereocenters. The smallest absolute Gasteiger partial charge is 0.462 e. The zero-order chi connectivity index (χ0) is 73.0. The van der Waals surface area contributed by atoms with Crippen LogP contribution < -0.4 is 0 Å². The SMILES string of the molecule is CCCCCCCCCCCCCCCCCCCC(=O)OC[C@H](COP(=O)(O)OC[C@@H](O)COP(=O)(O)OC[C@@H](COC(=O)CCCCCCCCC(C)C)OC(=O)CCCCCCCCCCC(C)C)OC(=O)CCCCCCCCCCCCCCCCCCCCC(C)CC. The van der Waals surface area contributed by atoms with Crippen molar-refractivity contribution in [1.82, 2.24) is 0 Å². The first-order chi connectivity index (χ1) is 47.8. The van der Waals surface area contributed by atoms with Crippen molar-refractivity contribution in [2.24, 2.45) is 17.8 Å². The van der Waals surface area contributed by atoms with Crippen molar-refractivity contribution in [3.8, 4) is 0 Å². The van der Waals surface area contributed by atoms with Crippen LogP contribution in [-0.4, -0.2) is 96.7 Å². The van der Waals surface area contributed by atoms with Crippen LogP contribution in [-0.2, 0) is 65.4 Å². The molecule has 0 bridgehead atoms. The van der Waals surface area contributed by atoms with Crippen LogP contribution in [0.1, 0.15) is 414 Å². The summed E-state index contributed by atoms with van der Waals surface area (Å²) in [6, 6.07) is 0. The van der Waals surface area contributed by atoms with E-state index >= 15 is 0 Å². The summed E-state index contributed by atoms with van der Waals surface area (Å²) in [6.45, 7) is 11.9. The van der Waals surface area contributed by atoms with Gasteiger partial charge in [-0.1, -0.05) is 363 Å². The average Bonchev–Trinajstić information content (AvgIpc) is 1.02. The van der Waals surface area contributed by atoms with E-state index in [0.717, 1.165) is 108 Å². The molecule has 0 rings (SSSR count). The maximum atomic E-state index is 13.1. The average molecular weight is 1450 g/mol. The van der Waals surface area contributed by atoms with Crippen LogP contribution in [0, 0.1) is 17.8 Å². The monoisotopic (exact) mass is 1450 g/mol. The van der Waals surface area contributed by atoms with Gasteiger partial charge in [0, 0.05) is 25.7 Å². The number of hydrogen-bond acceptors (Lipinski definition) is 15. The van der Waals surface area contributed by atoms with Crippen LogP contribution in [0.4, 0.5) is 0 Å². The fourth-order valence-corrected chi connectivity index (χ4v) is 13.9. The van der Waals surface area contributed by atoms with Gasteiger partial charge in [-0.25, -0.2) is 9.13 Å². The quantitative estimate of drug-likeness (QED) is 0.0222. The van der Waals surface area contributed by atoms with E-state index in [0.29, 0.717) is 31.6 Å². The minimum Gasteiger partial charge on any atom is -0.462 e. The second-order valence-electron chi connectivity index (χ2n) is 30.0. The van der Waals surface area contributed by atoms with Crippen molar-refractivity contribution in [3.05, 3.63) is 0 Å². The number of ether oxygens (including phenoxy) is 4. The summed E-state index contributed by atoms with van der Waals surface area (Å²) in [7, 11) is -9.92. The first-order valence-corrected chi connectivity index (χ1v) is 44.4. The molecule has 0 heterocycles. The van der Waals surface area contributed by atoms with Crippen LogP contribution in [0.2, 0.25) is 0 Å². The Labute approximate surface area is 607 Å². The summed E-state index contributed by atoms with van der Waals surface area (Å²) < 4.78 is 68.6. The number of phosphoric ester groups is 2. The molecule has 0 saturated heterocycles. The predicted octanol–water partition coefficient (Wildman–Crippen LogP) is 23.7.